The Morgan fingerprint density at radius 2 is 1.61 bits per heavy atom. The van der Waals surface area contributed by atoms with Crippen molar-refractivity contribution in [3.63, 3.8) is 0 Å². The quantitative estimate of drug-likeness (QED) is 0.208. The fourth-order valence-electron chi connectivity index (χ4n) is 2.64. The Hall–Kier alpha value is -2.92. The zero-order valence-electron chi connectivity index (χ0n) is 16.3. The molecule has 0 spiro atoms. The predicted molar refractivity (Wildman–Crippen MR) is 127 cm³/mol. The predicted octanol–water partition coefficient (Wildman–Crippen LogP) is 5.16. The topological polar surface area (TPSA) is 89.1 Å². The molecule has 31 heavy (non-hydrogen) atoms. The Kier molecular flexibility index (Phi) is 9.47. The summed E-state index contributed by atoms with van der Waals surface area (Å²) in [5, 5.41) is 13.2. The Bertz CT molecular complexity index is 990. The lowest BCUT2D eigenvalue weighted by Crippen LogP contribution is -2.23. The molecule has 1 atom stereocenters. The second-order valence-electron chi connectivity index (χ2n) is 6.26. The molecule has 3 rings (SSSR count). The van der Waals surface area contributed by atoms with Crippen molar-refractivity contribution >= 4 is 35.6 Å². The van der Waals surface area contributed by atoms with E-state index >= 15 is 0 Å². The molecule has 4 N–H and O–H groups in total. The lowest BCUT2D eigenvalue weighted by atomic mass is 10.1. The average Bonchev–Trinajstić information content (AvgIpc) is 2.73. The number of guanidine groups is 1. The minimum atomic E-state index is -2.93. The standard InChI is InChI=1S/C22H21F2N3O3.HI/c23-21(24)30-18-10-4-6-15(12-18)20(28)14-26-22(25)27-16-7-5-11-19(13-16)29-17-8-2-1-3-9-17;/h1-13,20-21,28H,14H2,(H3,25,26,27);1H. The number of halogens is 3. The van der Waals surface area contributed by atoms with Crippen LogP contribution in [0.2, 0.25) is 0 Å². The Labute approximate surface area is 195 Å². The largest absolute Gasteiger partial charge is 0.457 e. The van der Waals surface area contributed by atoms with Gasteiger partial charge >= 0.3 is 6.61 Å². The van der Waals surface area contributed by atoms with Crippen LogP contribution in [0.5, 0.6) is 17.2 Å². The summed E-state index contributed by atoms with van der Waals surface area (Å²) in [6.07, 6.45) is -1.03. The Balaban J connectivity index is 0.00000341. The van der Waals surface area contributed by atoms with Crippen LogP contribution in [0.4, 0.5) is 14.5 Å². The number of ether oxygens (including phenoxy) is 2. The number of hydrogen-bond donors (Lipinski definition) is 3. The van der Waals surface area contributed by atoms with Crippen LogP contribution in [0, 0.1) is 0 Å². The molecule has 0 saturated heterocycles. The van der Waals surface area contributed by atoms with E-state index in [0.717, 1.165) is 0 Å². The van der Waals surface area contributed by atoms with Crippen molar-refractivity contribution in [1.29, 1.82) is 0 Å². The summed E-state index contributed by atoms with van der Waals surface area (Å²) in [5.41, 5.74) is 6.94. The summed E-state index contributed by atoms with van der Waals surface area (Å²) in [5.74, 6) is 1.38. The third-order valence-electron chi connectivity index (χ3n) is 3.99. The third-order valence-corrected chi connectivity index (χ3v) is 3.99. The van der Waals surface area contributed by atoms with Crippen molar-refractivity contribution in [1.82, 2.24) is 0 Å². The summed E-state index contributed by atoms with van der Waals surface area (Å²) < 4.78 is 34.8. The molecule has 0 fully saturated rings. The minimum Gasteiger partial charge on any atom is -0.457 e. The molecule has 164 valence electrons. The highest BCUT2D eigenvalue weighted by atomic mass is 127. The summed E-state index contributed by atoms with van der Waals surface area (Å²) >= 11 is 0. The van der Waals surface area contributed by atoms with Gasteiger partial charge in [0.15, 0.2) is 5.96 Å². The maximum Gasteiger partial charge on any atom is 0.387 e. The summed E-state index contributed by atoms with van der Waals surface area (Å²) in [6, 6.07) is 22.3. The molecule has 3 aromatic rings. The number of alkyl halides is 2. The van der Waals surface area contributed by atoms with Crippen molar-refractivity contribution in [2.75, 3.05) is 11.9 Å². The molecule has 0 heterocycles. The van der Waals surface area contributed by atoms with Crippen LogP contribution in [0.25, 0.3) is 0 Å². The first-order chi connectivity index (χ1) is 14.5. The summed E-state index contributed by atoms with van der Waals surface area (Å²) in [6.45, 7) is -2.99. The van der Waals surface area contributed by atoms with Crippen LogP contribution >= 0.6 is 24.0 Å². The maximum atomic E-state index is 12.3. The molecular weight excluding hydrogens is 519 g/mol. The van der Waals surface area contributed by atoms with E-state index < -0.39 is 12.7 Å². The number of benzene rings is 3. The van der Waals surface area contributed by atoms with Gasteiger partial charge in [0.05, 0.1) is 12.6 Å². The minimum absolute atomic E-state index is 0. The van der Waals surface area contributed by atoms with Crippen molar-refractivity contribution in [3.05, 3.63) is 84.4 Å². The highest BCUT2D eigenvalue weighted by Gasteiger charge is 2.10. The number of aliphatic hydroxyl groups excluding tert-OH is 1. The van der Waals surface area contributed by atoms with Gasteiger partial charge in [-0.15, -0.1) is 24.0 Å². The third kappa shape index (κ3) is 8.02. The van der Waals surface area contributed by atoms with E-state index in [9.17, 15) is 13.9 Å². The van der Waals surface area contributed by atoms with Gasteiger partial charge in [0.25, 0.3) is 0 Å². The molecule has 0 amide bonds. The lowest BCUT2D eigenvalue weighted by Gasteiger charge is -2.12. The average molecular weight is 541 g/mol. The molecule has 0 aliphatic heterocycles. The number of rotatable bonds is 8. The first-order valence-corrected chi connectivity index (χ1v) is 9.12. The molecule has 3 aromatic carbocycles. The van der Waals surface area contributed by atoms with E-state index in [2.05, 4.69) is 15.0 Å². The summed E-state index contributed by atoms with van der Waals surface area (Å²) in [7, 11) is 0. The Morgan fingerprint density at radius 3 is 2.35 bits per heavy atom. The fraction of sp³-hybridized carbons (Fsp3) is 0.136. The highest BCUT2D eigenvalue weighted by Crippen LogP contribution is 2.24. The number of nitrogens with two attached hydrogens (primary N) is 1. The fourth-order valence-corrected chi connectivity index (χ4v) is 2.64. The van der Waals surface area contributed by atoms with E-state index in [0.29, 0.717) is 22.7 Å². The van der Waals surface area contributed by atoms with E-state index in [1.807, 2.05) is 36.4 Å². The summed E-state index contributed by atoms with van der Waals surface area (Å²) in [4.78, 5) is 4.10. The van der Waals surface area contributed by atoms with Crippen LogP contribution < -0.4 is 20.5 Å². The molecular formula is C22H22F2IN3O3. The smallest absolute Gasteiger partial charge is 0.387 e. The van der Waals surface area contributed by atoms with Gasteiger partial charge in [-0.3, -0.25) is 4.99 Å². The number of nitrogens with zero attached hydrogens (tertiary/aromatic N) is 1. The van der Waals surface area contributed by atoms with Crippen molar-refractivity contribution in [2.24, 2.45) is 10.7 Å². The van der Waals surface area contributed by atoms with Crippen molar-refractivity contribution in [2.45, 2.75) is 12.7 Å². The van der Waals surface area contributed by atoms with Crippen LogP contribution in [0.1, 0.15) is 11.7 Å². The van der Waals surface area contributed by atoms with Crippen LogP contribution in [-0.2, 0) is 0 Å². The normalized spacial score (nSPS) is 12.1. The monoisotopic (exact) mass is 541 g/mol. The van der Waals surface area contributed by atoms with E-state index in [-0.39, 0.29) is 42.2 Å². The van der Waals surface area contributed by atoms with Gasteiger partial charge in [0, 0.05) is 11.8 Å². The molecule has 9 heteroatoms. The number of nitrogens with one attached hydrogen (secondary N) is 1. The number of para-hydroxylation sites is 1. The van der Waals surface area contributed by atoms with Gasteiger partial charge in [0.1, 0.15) is 17.2 Å². The van der Waals surface area contributed by atoms with Crippen molar-refractivity contribution < 1.29 is 23.4 Å². The first-order valence-electron chi connectivity index (χ1n) is 9.12. The van der Waals surface area contributed by atoms with Gasteiger partial charge in [-0.1, -0.05) is 36.4 Å². The van der Waals surface area contributed by atoms with Crippen LogP contribution in [0.3, 0.4) is 0 Å². The molecule has 0 bridgehead atoms. The first kappa shape index (κ1) is 24.4. The number of aliphatic imine (C=N–C) groups is 1. The number of anilines is 1. The van der Waals surface area contributed by atoms with Crippen LogP contribution in [-0.4, -0.2) is 24.2 Å². The lowest BCUT2D eigenvalue weighted by molar-refractivity contribution is -0.0499. The number of hydrogen-bond acceptors (Lipinski definition) is 4. The second kappa shape index (κ2) is 12.1. The number of aliphatic hydroxyl groups is 1. The molecule has 0 radical (unpaired) electrons. The van der Waals surface area contributed by atoms with Crippen molar-refractivity contribution in [3.8, 4) is 17.2 Å². The molecule has 0 aromatic heterocycles. The highest BCUT2D eigenvalue weighted by molar-refractivity contribution is 14.0. The zero-order valence-corrected chi connectivity index (χ0v) is 18.7. The molecule has 0 saturated carbocycles. The van der Waals surface area contributed by atoms with E-state index in [1.54, 1.807) is 24.3 Å². The zero-order chi connectivity index (χ0) is 21.3. The molecule has 0 aliphatic carbocycles. The van der Waals surface area contributed by atoms with Gasteiger partial charge in [-0.05, 0) is 42.0 Å². The van der Waals surface area contributed by atoms with Gasteiger partial charge < -0.3 is 25.6 Å². The Morgan fingerprint density at radius 1 is 0.935 bits per heavy atom. The maximum absolute atomic E-state index is 12.3. The molecule has 0 aliphatic rings. The van der Waals surface area contributed by atoms with E-state index in [1.165, 1.54) is 18.2 Å². The van der Waals surface area contributed by atoms with Gasteiger partial charge in [-0.2, -0.15) is 8.78 Å². The SMILES string of the molecule is I.NC(=NCC(O)c1cccc(OC(F)F)c1)Nc1cccc(Oc2ccccc2)c1. The second-order valence-corrected chi connectivity index (χ2v) is 6.26. The van der Waals surface area contributed by atoms with Crippen LogP contribution in [0.15, 0.2) is 83.9 Å². The molecule has 1 unspecified atom stereocenters. The van der Waals surface area contributed by atoms with E-state index in [4.69, 9.17) is 10.5 Å². The molecule has 6 nitrogen and oxygen atoms in total. The van der Waals surface area contributed by atoms with Gasteiger partial charge in [0.2, 0.25) is 0 Å². The van der Waals surface area contributed by atoms with Gasteiger partial charge in [-0.25, -0.2) is 0 Å².